The quantitative estimate of drug-likeness (QED) is 0.648. The second-order valence-electron chi connectivity index (χ2n) is 8.37. The van der Waals surface area contributed by atoms with Crippen molar-refractivity contribution in [2.75, 3.05) is 7.11 Å². The van der Waals surface area contributed by atoms with Crippen molar-refractivity contribution in [1.82, 2.24) is 5.16 Å². The van der Waals surface area contributed by atoms with Crippen LogP contribution in [0.15, 0.2) is 27.9 Å². The summed E-state index contributed by atoms with van der Waals surface area (Å²) in [4.78, 5) is 5.05. The van der Waals surface area contributed by atoms with Crippen molar-refractivity contribution in [1.29, 1.82) is 0 Å². The van der Waals surface area contributed by atoms with Gasteiger partial charge in [-0.05, 0) is 29.9 Å². The van der Waals surface area contributed by atoms with Gasteiger partial charge in [0.2, 0.25) is 0 Å². The summed E-state index contributed by atoms with van der Waals surface area (Å²) in [7, 11) is 1.50. The summed E-state index contributed by atoms with van der Waals surface area (Å²) in [6.45, 7) is 14.3. The first kappa shape index (κ1) is 19.0. The fourth-order valence-electron chi connectivity index (χ4n) is 2.73. The molecule has 0 unspecified atom stereocenters. The lowest BCUT2D eigenvalue weighted by Gasteiger charge is -2.28. The van der Waals surface area contributed by atoms with E-state index in [1.807, 2.05) is 25.1 Å². The molecule has 0 saturated heterocycles. The average molecular weight is 344 g/mol. The second kappa shape index (κ2) is 6.54. The Morgan fingerprint density at radius 2 is 1.56 bits per heavy atom. The van der Waals surface area contributed by atoms with Crippen molar-refractivity contribution in [2.45, 2.75) is 59.3 Å². The van der Waals surface area contributed by atoms with Gasteiger partial charge in [-0.25, -0.2) is 0 Å². The predicted molar refractivity (Wildman–Crippen MR) is 99.4 cm³/mol. The number of hydrogen-bond donors (Lipinski definition) is 1. The molecule has 1 aromatic carbocycles. The first-order valence-corrected chi connectivity index (χ1v) is 8.38. The molecule has 2 aromatic rings. The van der Waals surface area contributed by atoms with Crippen LogP contribution >= 0.6 is 0 Å². The number of rotatable bonds is 3. The Morgan fingerprint density at radius 3 is 1.92 bits per heavy atom. The second-order valence-corrected chi connectivity index (χ2v) is 8.37. The summed E-state index contributed by atoms with van der Waals surface area (Å²) < 4.78 is 5.20. The monoisotopic (exact) mass is 344 g/mol. The van der Waals surface area contributed by atoms with Crippen LogP contribution < -0.4 is 0 Å². The molecule has 1 heterocycles. The van der Waals surface area contributed by atoms with Crippen LogP contribution in [0, 0.1) is 6.92 Å². The maximum absolute atomic E-state index is 10.9. The topological polar surface area (TPSA) is 67.8 Å². The maximum Gasteiger partial charge on any atom is 0.139 e. The van der Waals surface area contributed by atoms with E-state index < -0.39 is 0 Å². The van der Waals surface area contributed by atoms with E-state index in [1.165, 1.54) is 7.11 Å². The summed E-state index contributed by atoms with van der Waals surface area (Å²) in [5.41, 5.74) is 3.29. The Kier molecular flexibility index (Phi) is 4.98. The molecule has 1 aromatic heterocycles. The molecule has 0 spiro atoms. The molecule has 0 saturated carbocycles. The van der Waals surface area contributed by atoms with Gasteiger partial charge in [0.05, 0.1) is 0 Å². The molecule has 0 aliphatic rings. The molecule has 0 aliphatic heterocycles. The molecule has 1 N–H and O–H groups in total. The molecular formula is C20H28N2O3. The molecule has 5 nitrogen and oxygen atoms in total. The van der Waals surface area contributed by atoms with Gasteiger partial charge in [0.25, 0.3) is 0 Å². The third kappa shape index (κ3) is 4.03. The van der Waals surface area contributed by atoms with Gasteiger partial charge in [0.15, 0.2) is 0 Å². The average Bonchev–Trinajstić information content (AvgIpc) is 2.89. The third-order valence-electron chi connectivity index (χ3n) is 4.05. The van der Waals surface area contributed by atoms with Gasteiger partial charge in [0.1, 0.15) is 30.0 Å². The molecule has 2 rings (SSSR count). The zero-order chi connectivity index (χ0) is 19.0. The zero-order valence-corrected chi connectivity index (χ0v) is 16.4. The molecule has 136 valence electrons. The Morgan fingerprint density at radius 1 is 1.04 bits per heavy atom. The van der Waals surface area contributed by atoms with Crippen LogP contribution in [-0.4, -0.2) is 23.1 Å². The highest BCUT2D eigenvalue weighted by Crippen LogP contribution is 2.40. The molecule has 0 fully saturated rings. The smallest absolute Gasteiger partial charge is 0.139 e. The van der Waals surface area contributed by atoms with E-state index in [0.717, 1.165) is 16.7 Å². The Labute approximate surface area is 149 Å². The van der Waals surface area contributed by atoms with Crippen molar-refractivity contribution in [3.8, 4) is 5.75 Å². The van der Waals surface area contributed by atoms with Crippen LogP contribution in [-0.2, 0) is 15.7 Å². The number of aromatic nitrogens is 1. The van der Waals surface area contributed by atoms with Crippen LogP contribution in [0.5, 0.6) is 5.75 Å². The zero-order valence-electron chi connectivity index (χ0n) is 16.4. The summed E-state index contributed by atoms with van der Waals surface area (Å²) in [6, 6.07) is 5.72. The van der Waals surface area contributed by atoms with Crippen molar-refractivity contribution in [3.05, 3.63) is 46.3 Å². The highest BCUT2D eigenvalue weighted by atomic mass is 16.6. The largest absolute Gasteiger partial charge is 0.507 e. The summed E-state index contributed by atoms with van der Waals surface area (Å²) in [5, 5.41) is 19.1. The molecule has 0 aliphatic carbocycles. The van der Waals surface area contributed by atoms with E-state index in [2.05, 4.69) is 51.9 Å². The highest BCUT2D eigenvalue weighted by molar-refractivity contribution is 6.11. The van der Waals surface area contributed by atoms with Crippen molar-refractivity contribution >= 4 is 5.71 Å². The lowest BCUT2D eigenvalue weighted by molar-refractivity contribution is 0.213. The van der Waals surface area contributed by atoms with Crippen molar-refractivity contribution in [2.24, 2.45) is 5.16 Å². The van der Waals surface area contributed by atoms with Gasteiger partial charge in [-0.3, -0.25) is 0 Å². The van der Waals surface area contributed by atoms with Gasteiger partial charge in [0, 0.05) is 22.8 Å². The predicted octanol–water partition coefficient (Wildman–Crippen LogP) is 4.68. The minimum Gasteiger partial charge on any atom is -0.507 e. The van der Waals surface area contributed by atoms with E-state index >= 15 is 0 Å². The lowest BCUT2D eigenvalue weighted by atomic mass is 9.78. The normalized spacial score (nSPS) is 13.2. The SMILES string of the molecule is CO/N=C(/c1cc(C(C)(C)C)c(O)c(C(C)(C)C)c1)c1cc(C)on1. The van der Waals surface area contributed by atoms with E-state index in [1.54, 1.807) is 0 Å². The summed E-state index contributed by atoms with van der Waals surface area (Å²) >= 11 is 0. The van der Waals surface area contributed by atoms with Gasteiger partial charge in [-0.1, -0.05) is 51.9 Å². The molecule has 0 bridgehead atoms. The van der Waals surface area contributed by atoms with E-state index in [0.29, 0.717) is 22.9 Å². The minimum absolute atomic E-state index is 0.224. The van der Waals surface area contributed by atoms with Gasteiger partial charge < -0.3 is 14.5 Å². The molecule has 0 amide bonds. The number of phenols is 1. The van der Waals surface area contributed by atoms with E-state index in [4.69, 9.17) is 9.36 Å². The Bertz CT molecular complexity index is 755. The number of phenolic OH excluding ortho intramolecular Hbond substituents is 1. The number of hydrogen-bond acceptors (Lipinski definition) is 5. The number of aryl methyl sites for hydroxylation is 1. The first-order valence-electron chi connectivity index (χ1n) is 8.38. The summed E-state index contributed by atoms with van der Waals surface area (Å²) in [6.07, 6.45) is 0. The number of aromatic hydroxyl groups is 1. The molecule has 0 radical (unpaired) electrons. The van der Waals surface area contributed by atoms with E-state index in [9.17, 15) is 5.11 Å². The van der Waals surface area contributed by atoms with Crippen LogP contribution in [0.1, 0.15) is 69.7 Å². The van der Waals surface area contributed by atoms with Gasteiger partial charge in [-0.15, -0.1) is 0 Å². The minimum atomic E-state index is -0.224. The number of benzene rings is 1. The fraction of sp³-hybridized carbons (Fsp3) is 0.500. The van der Waals surface area contributed by atoms with E-state index in [-0.39, 0.29) is 10.8 Å². The van der Waals surface area contributed by atoms with Gasteiger partial charge in [-0.2, -0.15) is 0 Å². The van der Waals surface area contributed by atoms with Gasteiger partial charge >= 0.3 is 0 Å². The summed E-state index contributed by atoms with van der Waals surface area (Å²) in [5.74, 6) is 1.03. The number of nitrogens with zero attached hydrogens (tertiary/aromatic N) is 2. The van der Waals surface area contributed by atoms with Crippen LogP contribution in [0.2, 0.25) is 0 Å². The van der Waals surface area contributed by atoms with Crippen molar-refractivity contribution < 1.29 is 14.5 Å². The highest BCUT2D eigenvalue weighted by Gasteiger charge is 2.28. The Hall–Kier alpha value is -2.30. The molecule has 25 heavy (non-hydrogen) atoms. The van der Waals surface area contributed by atoms with Crippen LogP contribution in [0.3, 0.4) is 0 Å². The Balaban J connectivity index is 2.77. The van der Waals surface area contributed by atoms with Crippen LogP contribution in [0.25, 0.3) is 0 Å². The maximum atomic E-state index is 10.9. The fourth-order valence-corrected chi connectivity index (χ4v) is 2.73. The third-order valence-corrected chi connectivity index (χ3v) is 4.05. The number of oxime groups is 1. The van der Waals surface area contributed by atoms with Crippen LogP contribution in [0.4, 0.5) is 0 Å². The molecular weight excluding hydrogens is 316 g/mol. The molecule has 0 atom stereocenters. The lowest BCUT2D eigenvalue weighted by Crippen LogP contribution is -2.19. The standard InChI is InChI=1S/C20H28N2O3/c1-12-9-16(21-25-12)17(22-24-8)13-10-14(19(2,3)4)18(23)15(11-13)20(5,6)7/h9-11,23H,1-8H3/b22-17-. The first-order chi connectivity index (χ1) is 11.4. The molecule has 5 heteroatoms. The van der Waals surface area contributed by atoms with Crippen molar-refractivity contribution in [3.63, 3.8) is 0 Å².